The van der Waals surface area contributed by atoms with Gasteiger partial charge in [0.25, 0.3) is 0 Å². The van der Waals surface area contributed by atoms with Crippen LogP contribution in [0.25, 0.3) is 0 Å². The fraction of sp³-hybridized carbons (Fsp3) is 0.571. The summed E-state index contributed by atoms with van der Waals surface area (Å²) in [6.45, 7) is 4.26. The first kappa shape index (κ1) is 16.8. The standard InChI is InChI=1S/C14H23N3O2S/c1-10(2)19-14-11(5-4-7-16-14)9-17-13(18)12(15)6-8-20-3/h4-5,7,10,12H,6,8-9,15H2,1-3H3,(H,17,18)/t12-/m1/s1. The number of nitrogens with zero attached hydrogens (tertiary/aromatic N) is 1. The van der Waals surface area contributed by atoms with Gasteiger partial charge in [0.05, 0.1) is 12.1 Å². The number of aromatic nitrogens is 1. The van der Waals surface area contributed by atoms with Crippen LogP contribution in [0.2, 0.25) is 0 Å². The van der Waals surface area contributed by atoms with Crippen molar-refractivity contribution < 1.29 is 9.53 Å². The molecule has 0 aromatic carbocycles. The molecule has 3 N–H and O–H groups in total. The molecule has 112 valence electrons. The van der Waals surface area contributed by atoms with E-state index >= 15 is 0 Å². The molecule has 0 bridgehead atoms. The van der Waals surface area contributed by atoms with Crippen molar-refractivity contribution in [3.05, 3.63) is 23.9 Å². The van der Waals surface area contributed by atoms with E-state index in [1.54, 1.807) is 18.0 Å². The number of thioether (sulfide) groups is 1. The van der Waals surface area contributed by atoms with Gasteiger partial charge in [0.15, 0.2) is 0 Å². The Morgan fingerprint density at radius 2 is 2.30 bits per heavy atom. The molecule has 0 saturated heterocycles. The lowest BCUT2D eigenvalue weighted by Gasteiger charge is -2.15. The number of hydrogen-bond acceptors (Lipinski definition) is 5. The molecule has 0 aliphatic rings. The minimum absolute atomic E-state index is 0.0446. The number of nitrogens with two attached hydrogens (primary N) is 1. The van der Waals surface area contributed by atoms with Crippen LogP contribution in [0, 0.1) is 0 Å². The Bertz CT molecular complexity index is 427. The summed E-state index contributed by atoms with van der Waals surface area (Å²) in [4.78, 5) is 16.0. The zero-order chi connectivity index (χ0) is 15.0. The molecule has 6 heteroatoms. The summed E-state index contributed by atoms with van der Waals surface area (Å²) in [6.07, 6.45) is 4.39. The monoisotopic (exact) mass is 297 g/mol. The topological polar surface area (TPSA) is 77.2 Å². The van der Waals surface area contributed by atoms with Crippen molar-refractivity contribution in [2.24, 2.45) is 5.73 Å². The third kappa shape index (κ3) is 5.79. The number of carbonyl (C=O) groups is 1. The van der Waals surface area contributed by atoms with Gasteiger partial charge in [-0.15, -0.1) is 0 Å². The maximum atomic E-state index is 11.8. The molecular weight excluding hydrogens is 274 g/mol. The van der Waals surface area contributed by atoms with Crippen LogP contribution < -0.4 is 15.8 Å². The molecule has 1 rings (SSSR count). The summed E-state index contributed by atoms with van der Waals surface area (Å²) < 4.78 is 5.61. The Labute approximate surface area is 124 Å². The highest BCUT2D eigenvalue weighted by Crippen LogP contribution is 2.15. The van der Waals surface area contributed by atoms with E-state index in [4.69, 9.17) is 10.5 Å². The second-order valence-electron chi connectivity index (χ2n) is 4.74. The first-order valence-corrected chi connectivity index (χ1v) is 8.06. The van der Waals surface area contributed by atoms with Gasteiger partial charge in [0.2, 0.25) is 11.8 Å². The summed E-state index contributed by atoms with van der Waals surface area (Å²) in [5.74, 6) is 1.29. The number of hydrogen-bond donors (Lipinski definition) is 2. The van der Waals surface area contributed by atoms with Crippen LogP contribution in [0.3, 0.4) is 0 Å². The molecule has 1 atom stereocenters. The van der Waals surface area contributed by atoms with Crippen molar-refractivity contribution in [2.45, 2.75) is 39.0 Å². The number of carbonyl (C=O) groups excluding carboxylic acids is 1. The SMILES string of the molecule is CSCC[C@@H](N)C(=O)NCc1cccnc1OC(C)C. The molecule has 20 heavy (non-hydrogen) atoms. The van der Waals surface area contributed by atoms with E-state index in [2.05, 4.69) is 10.3 Å². The van der Waals surface area contributed by atoms with Crippen LogP contribution in [-0.4, -0.2) is 35.0 Å². The normalized spacial score (nSPS) is 12.2. The van der Waals surface area contributed by atoms with Gasteiger partial charge in [-0.1, -0.05) is 6.07 Å². The molecule has 5 nitrogen and oxygen atoms in total. The van der Waals surface area contributed by atoms with E-state index in [9.17, 15) is 4.79 Å². The van der Waals surface area contributed by atoms with Gasteiger partial charge in [-0.3, -0.25) is 4.79 Å². The van der Waals surface area contributed by atoms with Crippen molar-refractivity contribution in [1.29, 1.82) is 0 Å². The van der Waals surface area contributed by atoms with Crippen LogP contribution in [0.1, 0.15) is 25.8 Å². The number of nitrogens with one attached hydrogen (secondary N) is 1. The third-order valence-corrected chi connectivity index (χ3v) is 3.26. The van der Waals surface area contributed by atoms with Crippen LogP contribution in [0.4, 0.5) is 0 Å². The quantitative estimate of drug-likeness (QED) is 0.761. The first-order valence-electron chi connectivity index (χ1n) is 6.67. The maximum Gasteiger partial charge on any atom is 0.237 e. The molecule has 0 unspecified atom stereocenters. The van der Waals surface area contributed by atoms with Gasteiger partial charge in [0, 0.05) is 18.3 Å². The summed E-state index contributed by atoms with van der Waals surface area (Å²) >= 11 is 1.68. The Morgan fingerprint density at radius 3 is 2.95 bits per heavy atom. The maximum absolute atomic E-state index is 11.8. The molecule has 0 saturated carbocycles. The summed E-state index contributed by atoms with van der Waals surface area (Å²) in [5.41, 5.74) is 6.67. The van der Waals surface area contributed by atoms with E-state index in [-0.39, 0.29) is 12.0 Å². The number of ether oxygens (including phenoxy) is 1. The molecule has 0 fully saturated rings. The lowest BCUT2D eigenvalue weighted by atomic mass is 10.2. The van der Waals surface area contributed by atoms with E-state index in [0.29, 0.717) is 18.8 Å². The van der Waals surface area contributed by atoms with Gasteiger partial charge < -0.3 is 15.8 Å². The second kappa shape index (κ2) is 8.81. The van der Waals surface area contributed by atoms with E-state index in [1.165, 1.54) is 0 Å². The average molecular weight is 297 g/mol. The fourth-order valence-corrected chi connectivity index (χ4v) is 2.07. The highest BCUT2D eigenvalue weighted by molar-refractivity contribution is 7.98. The lowest BCUT2D eigenvalue weighted by Crippen LogP contribution is -2.40. The van der Waals surface area contributed by atoms with Gasteiger partial charge in [-0.25, -0.2) is 4.98 Å². The highest BCUT2D eigenvalue weighted by Gasteiger charge is 2.14. The van der Waals surface area contributed by atoms with Gasteiger partial charge in [-0.05, 0) is 38.3 Å². The second-order valence-corrected chi connectivity index (χ2v) is 5.73. The van der Waals surface area contributed by atoms with E-state index in [1.807, 2.05) is 32.2 Å². The van der Waals surface area contributed by atoms with Crippen molar-refractivity contribution >= 4 is 17.7 Å². The summed E-state index contributed by atoms with van der Waals surface area (Å²) in [7, 11) is 0. The van der Waals surface area contributed by atoms with Crippen LogP contribution in [-0.2, 0) is 11.3 Å². The Hall–Kier alpha value is -1.27. The van der Waals surface area contributed by atoms with E-state index in [0.717, 1.165) is 11.3 Å². The number of amides is 1. The summed E-state index contributed by atoms with van der Waals surface area (Å²) in [5, 5.41) is 2.83. The minimum Gasteiger partial charge on any atom is -0.475 e. The zero-order valence-corrected chi connectivity index (χ0v) is 13.1. The summed E-state index contributed by atoms with van der Waals surface area (Å²) in [6, 6.07) is 3.24. The third-order valence-electron chi connectivity index (χ3n) is 2.62. The molecule has 1 aromatic rings. The van der Waals surface area contributed by atoms with Crippen molar-refractivity contribution in [2.75, 3.05) is 12.0 Å². The molecule has 0 aliphatic heterocycles. The lowest BCUT2D eigenvalue weighted by molar-refractivity contribution is -0.122. The van der Waals surface area contributed by atoms with Crippen molar-refractivity contribution in [3.8, 4) is 5.88 Å². The Balaban J connectivity index is 2.54. The van der Waals surface area contributed by atoms with Crippen molar-refractivity contribution in [3.63, 3.8) is 0 Å². The predicted molar refractivity (Wildman–Crippen MR) is 82.8 cm³/mol. The molecule has 1 aromatic heterocycles. The van der Waals surface area contributed by atoms with Gasteiger partial charge in [-0.2, -0.15) is 11.8 Å². The Kier molecular flexibility index (Phi) is 7.40. The van der Waals surface area contributed by atoms with Gasteiger partial charge in [0.1, 0.15) is 0 Å². The molecule has 1 heterocycles. The molecular formula is C14H23N3O2S. The molecule has 0 aliphatic carbocycles. The smallest absolute Gasteiger partial charge is 0.237 e. The van der Waals surface area contributed by atoms with Crippen LogP contribution in [0.5, 0.6) is 5.88 Å². The minimum atomic E-state index is -0.464. The molecule has 0 spiro atoms. The zero-order valence-electron chi connectivity index (χ0n) is 12.3. The van der Waals surface area contributed by atoms with Crippen molar-refractivity contribution in [1.82, 2.24) is 10.3 Å². The van der Waals surface area contributed by atoms with Gasteiger partial charge >= 0.3 is 0 Å². The largest absolute Gasteiger partial charge is 0.475 e. The number of rotatable bonds is 8. The molecule has 1 amide bonds. The number of pyridine rings is 1. The average Bonchev–Trinajstić information content (AvgIpc) is 2.42. The van der Waals surface area contributed by atoms with E-state index < -0.39 is 6.04 Å². The Morgan fingerprint density at radius 1 is 1.55 bits per heavy atom. The molecule has 0 radical (unpaired) electrons. The highest BCUT2D eigenvalue weighted by atomic mass is 32.2. The van der Waals surface area contributed by atoms with Crippen LogP contribution in [0.15, 0.2) is 18.3 Å². The predicted octanol–water partition coefficient (Wildman–Crippen LogP) is 1.57. The fourth-order valence-electron chi connectivity index (χ4n) is 1.58. The van der Waals surface area contributed by atoms with Crippen LogP contribution >= 0.6 is 11.8 Å². The first-order chi connectivity index (χ1) is 9.54.